The van der Waals surface area contributed by atoms with Crippen LogP contribution in [0.3, 0.4) is 0 Å². The smallest absolute Gasteiger partial charge is 0.457 e. The minimum Gasteiger partial charge on any atom is -0.457 e. The second kappa shape index (κ2) is 31.5. The molecule has 0 heterocycles. The molecule has 0 aromatic carbocycles. The van der Waals surface area contributed by atoms with Crippen molar-refractivity contribution < 1.29 is 58.3 Å². The first kappa shape index (κ1) is 49.4. The van der Waals surface area contributed by atoms with Gasteiger partial charge in [-0.25, -0.2) is 4.57 Å². The molecule has 0 radical (unpaired) electrons. The summed E-state index contributed by atoms with van der Waals surface area (Å²) >= 11 is 0. The molecule has 310 valence electrons. The number of carbonyl (C=O) groups is 1. The SMILES string of the molecule is CCCCCCCCCCCCCCCCOC[C@H](COP(=O)(O)OC1C(O)C(O)C(O)[C@@H](O)C1O)OC(=O)CCCCCCCCCCCCC. The van der Waals surface area contributed by atoms with Gasteiger partial charge < -0.3 is 39.9 Å². The highest BCUT2D eigenvalue weighted by Gasteiger charge is 2.51. The maximum Gasteiger partial charge on any atom is 0.472 e. The first-order valence-corrected chi connectivity index (χ1v) is 22.4. The molecule has 13 heteroatoms. The predicted octanol–water partition coefficient (Wildman–Crippen LogP) is 7.42. The third-order valence-corrected chi connectivity index (χ3v) is 11.0. The summed E-state index contributed by atoms with van der Waals surface area (Å²) in [6.45, 7) is 4.25. The van der Waals surface area contributed by atoms with Crippen molar-refractivity contribution in [2.45, 2.75) is 224 Å². The summed E-state index contributed by atoms with van der Waals surface area (Å²) in [4.78, 5) is 23.0. The van der Waals surface area contributed by atoms with Gasteiger partial charge in [0, 0.05) is 13.0 Å². The van der Waals surface area contributed by atoms with Gasteiger partial charge in [0.05, 0.1) is 13.2 Å². The summed E-state index contributed by atoms with van der Waals surface area (Å²) in [6, 6.07) is 0. The molecule has 0 aromatic heterocycles. The van der Waals surface area contributed by atoms with Crippen LogP contribution in [0.5, 0.6) is 0 Å². The number of carbonyl (C=O) groups excluding carboxylic acids is 1. The number of phosphoric acid groups is 1. The fourth-order valence-electron chi connectivity index (χ4n) is 6.59. The molecule has 6 unspecified atom stereocenters. The van der Waals surface area contributed by atoms with Crippen molar-refractivity contribution in [2.75, 3.05) is 19.8 Å². The lowest BCUT2D eigenvalue weighted by atomic mass is 9.85. The van der Waals surface area contributed by atoms with Crippen molar-refractivity contribution in [1.82, 2.24) is 0 Å². The molecule has 1 aliphatic rings. The molecule has 0 bridgehead atoms. The highest BCUT2D eigenvalue weighted by molar-refractivity contribution is 7.47. The van der Waals surface area contributed by atoms with Gasteiger partial charge in [-0.05, 0) is 12.8 Å². The van der Waals surface area contributed by atoms with E-state index in [4.69, 9.17) is 18.5 Å². The summed E-state index contributed by atoms with van der Waals surface area (Å²) in [5, 5.41) is 50.0. The average molecular weight is 769 g/mol. The fourth-order valence-corrected chi connectivity index (χ4v) is 7.56. The largest absolute Gasteiger partial charge is 0.472 e. The molecule has 0 aromatic rings. The maximum atomic E-state index is 12.7. The number of rotatable bonds is 35. The Labute approximate surface area is 315 Å². The van der Waals surface area contributed by atoms with Crippen molar-refractivity contribution in [3.8, 4) is 0 Å². The number of esters is 1. The lowest BCUT2D eigenvalue weighted by Crippen LogP contribution is -2.64. The van der Waals surface area contributed by atoms with E-state index in [1.807, 2.05) is 0 Å². The molecule has 8 atom stereocenters. The van der Waals surface area contributed by atoms with Crippen LogP contribution in [0, 0.1) is 0 Å². The number of phosphoric ester groups is 1. The van der Waals surface area contributed by atoms with Gasteiger partial charge in [-0.1, -0.05) is 162 Å². The second-order valence-electron chi connectivity index (χ2n) is 14.9. The molecule has 1 rings (SSSR count). The third kappa shape index (κ3) is 24.0. The third-order valence-electron chi connectivity index (χ3n) is 9.98. The second-order valence-corrected chi connectivity index (χ2v) is 16.3. The Morgan fingerprint density at radius 2 is 0.904 bits per heavy atom. The van der Waals surface area contributed by atoms with Crippen LogP contribution in [0.15, 0.2) is 0 Å². The van der Waals surface area contributed by atoms with Crippen LogP contribution in [0.1, 0.15) is 181 Å². The molecule has 1 fully saturated rings. The number of aliphatic hydroxyl groups is 5. The minimum atomic E-state index is -5.00. The van der Waals surface area contributed by atoms with E-state index in [1.54, 1.807) is 0 Å². The van der Waals surface area contributed by atoms with E-state index in [1.165, 1.54) is 116 Å². The lowest BCUT2D eigenvalue weighted by molar-refractivity contribution is -0.220. The summed E-state index contributed by atoms with van der Waals surface area (Å²) < 4.78 is 34.0. The summed E-state index contributed by atoms with van der Waals surface area (Å²) in [6.07, 6.45) is 17.5. The summed E-state index contributed by atoms with van der Waals surface area (Å²) in [5.41, 5.74) is 0. The first-order valence-electron chi connectivity index (χ1n) is 20.9. The lowest BCUT2D eigenvalue weighted by Gasteiger charge is -2.41. The molecule has 1 saturated carbocycles. The quantitative estimate of drug-likeness (QED) is 0.0213. The van der Waals surface area contributed by atoms with Gasteiger partial charge in [0.2, 0.25) is 0 Å². The maximum absolute atomic E-state index is 12.7. The van der Waals surface area contributed by atoms with Crippen molar-refractivity contribution >= 4 is 13.8 Å². The number of ether oxygens (including phenoxy) is 2. The summed E-state index contributed by atoms with van der Waals surface area (Å²) in [5.74, 6) is -0.475. The van der Waals surface area contributed by atoms with Gasteiger partial charge in [-0.15, -0.1) is 0 Å². The van der Waals surface area contributed by atoms with Crippen molar-refractivity contribution in [2.24, 2.45) is 0 Å². The van der Waals surface area contributed by atoms with E-state index in [9.17, 15) is 39.8 Å². The Kier molecular flexibility index (Phi) is 29.9. The molecule has 0 spiro atoms. The average Bonchev–Trinajstić information content (AvgIpc) is 3.12. The topological polar surface area (TPSA) is 192 Å². The monoisotopic (exact) mass is 769 g/mol. The number of hydrogen-bond acceptors (Lipinski definition) is 11. The van der Waals surface area contributed by atoms with E-state index in [2.05, 4.69) is 13.8 Å². The van der Waals surface area contributed by atoms with Crippen LogP contribution in [-0.2, 0) is 27.9 Å². The Hall–Kier alpha value is -0.660. The molecule has 0 amide bonds. The zero-order valence-electron chi connectivity index (χ0n) is 32.6. The van der Waals surface area contributed by atoms with Crippen LogP contribution in [0.4, 0.5) is 0 Å². The van der Waals surface area contributed by atoms with Crippen LogP contribution >= 0.6 is 7.82 Å². The Morgan fingerprint density at radius 1 is 0.538 bits per heavy atom. The minimum absolute atomic E-state index is 0.0687. The van der Waals surface area contributed by atoms with Crippen LogP contribution in [0.25, 0.3) is 0 Å². The Balaban J connectivity index is 2.43. The van der Waals surface area contributed by atoms with E-state index >= 15 is 0 Å². The molecular weight excluding hydrogens is 691 g/mol. The van der Waals surface area contributed by atoms with E-state index < -0.39 is 63.1 Å². The van der Waals surface area contributed by atoms with Crippen molar-refractivity contribution in [1.29, 1.82) is 0 Å². The molecule has 12 nitrogen and oxygen atoms in total. The van der Waals surface area contributed by atoms with E-state index in [0.717, 1.165) is 38.5 Å². The Morgan fingerprint density at radius 3 is 1.33 bits per heavy atom. The van der Waals surface area contributed by atoms with Gasteiger partial charge in [0.1, 0.15) is 42.7 Å². The molecule has 52 heavy (non-hydrogen) atoms. The predicted molar refractivity (Wildman–Crippen MR) is 203 cm³/mol. The van der Waals surface area contributed by atoms with Crippen LogP contribution in [0.2, 0.25) is 0 Å². The standard InChI is InChI=1S/C39H77O12P/c1-3-5-7-9-11-13-15-16-17-19-21-23-25-27-29-48-30-32(50-33(40)28-26-24-22-20-18-14-12-10-8-6-4-2)31-49-52(46,47)51-39-37(44)35(42)34(41)36(43)38(39)45/h32,34-39,41-45H,3-31H2,1-2H3,(H,46,47)/t32-,34?,35-,36?,37?,38?,39?/m1/s1. The highest BCUT2D eigenvalue weighted by atomic mass is 31.2. The van der Waals surface area contributed by atoms with Gasteiger partial charge in [0.15, 0.2) is 0 Å². The molecular formula is C39H77O12P. The van der Waals surface area contributed by atoms with Gasteiger partial charge >= 0.3 is 13.8 Å². The summed E-state index contributed by atoms with van der Waals surface area (Å²) in [7, 11) is -5.00. The zero-order valence-corrected chi connectivity index (χ0v) is 33.5. The molecule has 1 aliphatic carbocycles. The molecule has 6 N–H and O–H groups in total. The van der Waals surface area contributed by atoms with Gasteiger partial charge in [-0.2, -0.15) is 0 Å². The van der Waals surface area contributed by atoms with E-state index in [-0.39, 0.29) is 13.0 Å². The normalized spacial score (nSPS) is 23.8. The number of aliphatic hydroxyl groups excluding tert-OH is 5. The molecule has 0 saturated heterocycles. The van der Waals surface area contributed by atoms with Crippen LogP contribution < -0.4 is 0 Å². The van der Waals surface area contributed by atoms with Crippen molar-refractivity contribution in [3.63, 3.8) is 0 Å². The van der Waals surface area contributed by atoms with Crippen LogP contribution in [-0.4, -0.2) is 98.9 Å². The molecule has 0 aliphatic heterocycles. The van der Waals surface area contributed by atoms with Gasteiger partial charge in [0.25, 0.3) is 0 Å². The van der Waals surface area contributed by atoms with Crippen molar-refractivity contribution in [3.05, 3.63) is 0 Å². The number of hydrogen-bond donors (Lipinski definition) is 6. The fraction of sp³-hybridized carbons (Fsp3) is 0.974. The highest BCUT2D eigenvalue weighted by Crippen LogP contribution is 2.47. The van der Waals surface area contributed by atoms with E-state index in [0.29, 0.717) is 13.0 Å². The zero-order chi connectivity index (χ0) is 38.5. The first-order chi connectivity index (χ1) is 25.0. The van der Waals surface area contributed by atoms with Gasteiger partial charge in [-0.3, -0.25) is 13.8 Å². The number of unbranched alkanes of at least 4 members (excludes halogenated alkanes) is 23. The Bertz CT molecular complexity index is 879.